The van der Waals surface area contributed by atoms with Gasteiger partial charge in [-0.1, -0.05) is 0 Å². The highest BCUT2D eigenvalue weighted by atomic mass is 16.2. The third-order valence-corrected chi connectivity index (χ3v) is 2.30. The molecule has 1 aliphatic heterocycles. The van der Waals surface area contributed by atoms with E-state index in [1.54, 1.807) is 0 Å². The van der Waals surface area contributed by atoms with Gasteiger partial charge in [0.25, 0.3) is 0 Å². The fourth-order valence-electron chi connectivity index (χ4n) is 1.41. The van der Waals surface area contributed by atoms with Crippen molar-refractivity contribution < 1.29 is 9.59 Å². The molecule has 1 fully saturated rings. The number of rotatable bonds is 0. The maximum absolute atomic E-state index is 11.3. The van der Waals surface area contributed by atoms with Crippen LogP contribution in [0.3, 0.4) is 0 Å². The summed E-state index contributed by atoms with van der Waals surface area (Å²) >= 11 is 0. The maximum atomic E-state index is 11.3. The van der Waals surface area contributed by atoms with E-state index in [1.807, 2.05) is 0 Å². The fourth-order valence-corrected chi connectivity index (χ4v) is 1.41. The normalized spacial score (nSPS) is 21.9. The molecule has 0 radical (unpaired) electrons. The summed E-state index contributed by atoms with van der Waals surface area (Å²) in [6.07, 6.45) is 0. The molecule has 0 aromatic rings. The van der Waals surface area contributed by atoms with Gasteiger partial charge in [0.2, 0.25) is 11.8 Å². The number of amides is 2. The third-order valence-electron chi connectivity index (χ3n) is 2.30. The van der Waals surface area contributed by atoms with E-state index in [9.17, 15) is 9.59 Å². The molecule has 0 saturated carbocycles. The lowest BCUT2D eigenvalue weighted by molar-refractivity contribution is -0.122. The van der Waals surface area contributed by atoms with Crippen LogP contribution in [-0.4, -0.2) is 64.2 Å². The fraction of sp³-hybridized carbons (Fsp3) is 0.800. The van der Waals surface area contributed by atoms with Crippen molar-refractivity contribution in [1.82, 2.24) is 26.6 Å². The maximum Gasteiger partial charge on any atom is 0.234 e. The van der Waals surface area contributed by atoms with Crippen LogP contribution in [0.25, 0.3) is 0 Å². The number of carbonyl (C=O) groups is 2. The summed E-state index contributed by atoms with van der Waals surface area (Å²) < 4.78 is 0. The van der Waals surface area contributed by atoms with Gasteiger partial charge < -0.3 is 26.6 Å². The molecule has 1 aliphatic rings. The first-order valence-electron chi connectivity index (χ1n) is 5.94. The minimum absolute atomic E-state index is 0.0488. The van der Waals surface area contributed by atoms with Gasteiger partial charge in [-0.05, 0) is 0 Å². The predicted molar refractivity (Wildman–Crippen MR) is 64.6 cm³/mol. The molecule has 0 atom stereocenters. The highest BCUT2D eigenvalue weighted by molar-refractivity contribution is 5.79. The Hall–Kier alpha value is -1.18. The molecule has 17 heavy (non-hydrogen) atoms. The molecule has 1 saturated heterocycles. The molecular formula is C10H21N5O2. The van der Waals surface area contributed by atoms with Crippen molar-refractivity contribution in [2.75, 3.05) is 52.4 Å². The summed E-state index contributed by atoms with van der Waals surface area (Å²) in [5, 5.41) is 14.7. The Morgan fingerprint density at radius 3 is 1.47 bits per heavy atom. The van der Waals surface area contributed by atoms with Crippen LogP contribution in [0, 0.1) is 0 Å². The van der Waals surface area contributed by atoms with Crippen LogP contribution >= 0.6 is 0 Å². The van der Waals surface area contributed by atoms with Gasteiger partial charge >= 0.3 is 0 Å². The van der Waals surface area contributed by atoms with Gasteiger partial charge in [-0.3, -0.25) is 9.59 Å². The molecule has 0 aliphatic carbocycles. The Morgan fingerprint density at radius 1 is 0.588 bits per heavy atom. The molecule has 7 nitrogen and oxygen atoms in total. The lowest BCUT2D eigenvalue weighted by atomic mass is 10.5. The van der Waals surface area contributed by atoms with Crippen molar-refractivity contribution in [3.05, 3.63) is 0 Å². The lowest BCUT2D eigenvalue weighted by Gasteiger charge is -2.07. The predicted octanol–water partition coefficient (Wildman–Crippen LogP) is -3.00. The smallest absolute Gasteiger partial charge is 0.234 e. The molecule has 0 aromatic carbocycles. The van der Waals surface area contributed by atoms with Gasteiger partial charge in [-0.25, -0.2) is 0 Å². The molecule has 1 heterocycles. The summed E-state index contributed by atoms with van der Waals surface area (Å²) in [6.45, 7) is 4.67. The first-order valence-corrected chi connectivity index (χ1v) is 5.94. The Kier molecular flexibility index (Phi) is 7.28. The van der Waals surface area contributed by atoms with Gasteiger partial charge in [-0.15, -0.1) is 0 Å². The van der Waals surface area contributed by atoms with Crippen LogP contribution in [0.15, 0.2) is 0 Å². The molecular weight excluding hydrogens is 222 g/mol. The number of carbonyl (C=O) groups excluding carboxylic acids is 2. The number of nitrogens with one attached hydrogen (secondary N) is 5. The van der Waals surface area contributed by atoms with E-state index in [1.165, 1.54) is 0 Å². The van der Waals surface area contributed by atoms with Crippen LogP contribution in [0.4, 0.5) is 0 Å². The van der Waals surface area contributed by atoms with E-state index in [4.69, 9.17) is 0 Å². The van der Waals surface area contributed by atoms with Crippen molar-refractivity contribution in [3.8, 4) is 0 Å². The molecule has 0 unspecified atom stereocenters. The van der Waals surface area contributed by atoms with E-state index in [0.29, 0.717) is 26.2 Å². The zero-order valence-corrected chi connectivity index (χ0v) is 9.97. The first kappa shape index (κ1) is 13.9. The molecule has 1 rings (SSSR count). The highest BCUT2D eigenvalue weighted by Gasteiger charge is 2.02. The minimum Gasteiger partial charge on any atom is -0.353 e. The molecule has 7 heteroatoms. The molecule has 5 N–H and O–H groups in total. The van der Waals surface area contributed by atoms with E-state index < -0.39 is 0 Å². The molecule has 2 amide bonds. The van der Waals surface area contributed by atoms with E-state index in [-0.39, 0.29) is 11.8 Å². The average molecular weight is 243 g/mol. The third kappa shape index (κ3) is 7.67. The van der Waals surface area contributed by atoms with Crippen LogP contribution in [0.1, 0.15) is 0 Å². The number of hydrogen-bond acceptors (Lipinski definition) is 5. The Morgan fingerprint density at radius 2 is 1.00 bits per heavy atom. The zero-order chi connectivity index (χ0) is 12.3. The van der Waals surface area contributed by atoms with Gasteiger partial charge in [0, 0.05) is 39.3 Å². The SMILES string of the molecule is O=C1CNCCNCCNCC(=O)NCCN1. The molecule has 98 valence electrons. The average Bonchev–Trinajstić information content (AvgIpc) is 2.32. The van der Waals surface area contributed by atoms with E-state index >= 15 is 0 Å². The van der Waals surface area contributed by atoms with Gasteiger partial charge in [-0.2, -0.15) is 0 Å². The second kappa shape index (κ2) is 8.91. The van der Waals surface area contributed by atoms with Crippen LogP contribution in [0.5, 0.6) is 0 Å². The second-order valence-electron chi connectivity index (χ2n) is 3.80. The molecule has 0 bridgehead atoms. The number of hydrogen-bond donors (Lipinski definition) is 5. The summed E-state index contributed by atoms with van der Waals surface area (Å²) in [4.78, 5) is 22.6. The highest BCUT2D eigenvalue weighted by Crippen LogP contribution is 1.69. The van der Waals surface area contributed by atoms with Crippen LogP contribution in [0.2, 0.25) is 0 Å². The summed E-state index contributed by atoms with van der Waals surface area (Å²) in [5.41, 5.74) is 0. The van der Waals surface area contributed by atoms with E-state index in [2.05, 4.69) is 26.6 Å². The van der Waals surface area contributed by atoms with Crippen molar-refractivity contribution in [2.24, 2.45) is 0 Å². The first-order chi connectivity index (χ1) is 8.29. The zero-order valence-electron chi connectivity index (χ0n) is 9.97. The van der Waals surface area contributed by atoms with Crippen molar-refractivity contribution in [3.63, 3.8) is 0 Å². The second-order valence-corrected chi connectivity index (χ2v) is 3.80. The monoisotopic (exact) mass is 243 g/mol. The molecule has 0 aromatic heterocycles. The largest absolute Gasteiger partial charge is 0.353 e. The van der Waals surface area contributed by atoms with Crippen molar-refractivity contribution >= 4 is 11.8 Å². The van der Waals surface area contributed by atoms with Gasteiger partial charge in [0.1, 0.15) is 0 Å². The van der Waals surface area contributed by atoms with Gasteiger partial charge in [0.15, 0.2) is 0 Å². The molecule has 0 spiro atoms. The quantitative estimate of drug-likeness (QED) is 0.313. The van der Waals surface area contributed by atoms with Crippen LogP contribution in [-0.2, 0) is 9.59 Å². The summed E-state index contributed by atoms with van der Waals surface area (Å²) in [6, 6.07) is 0. The Balaban J connectivity index is 2.24. The summed E-state index contributed by atoms with van der Waals surface area (Å²) in [7, 11) is 0. The van der Waals surface area contributed by atoms with Crippen LogP contribution < -0.4 is 26.6 Å². The Bertz CT molecular complexity index is 223. The van der Waals surface area contributed by atoms with Crippen molar-refractivity contribution in [1.29, 1.82) is 0 Å². The lowest BCUT2D eigenvalue weighted by Crippen LogP contribution is -2.41. The minimum atomic E-state index is -0.0488. The topological polar surface area (TPSA) is 94.3 Å². The standard InChI is InChI=1S/C10H21N5O2/c16-9-7-12-3-1-11-2-4-13-8-10(17)15-6-5-14-9/h11-13H,1-8H2,(H,14,16)(H,15,17). The van der Waals surface area contributed by atoms with E-state index in [0.717, 1.165) is 26.2 Å². The van der Waals surface area contributed by atoms with Gasteiger partial charge in [0.05, 0.1) is 13.1 Å². The van der Waals surface area contributed by atoms with Crippen molar-refractivity contribution in [2.45, 2.75) is 0 Å². The Labute approximate surface area is 101 Å². The summed E-state index contributed by atoms with van der Waals surface area (Å²) in [5.74, 6) is -0.0977.